The van der Waals surface area contributed by atoms with Crippen molar-refractivity contribution in [1.29, 1.82) is 0 Å². The van der Waals surface area contributed by atoms with Crippen LogP contribution in [0.25, 0.3) is 0 Å². The molecule has 2 amide bonds. The quantitative estimate of drug-likeness (QED) is 0.750. The van der Waals surface area contributed by atoms with Crippen molar-refractivity contribution in [3.63, 3.8) is 0 Å². The van der Waals surface area contributed by atoms with Gasteiger partial charge in [0.25, 0.3) is 0 Å². The molecule has 0 aliphatic carbocycles. The monoisotopic (exact) mass is 306 g/mol. The Balaban J connectivity index is 3.15. The Bertz CT molecular complexity index is 553. The minimum absolute atomic E-state index is 0.106. The number of carbonyl (C=O) groups excluding carboxylic acids is 3. The average Bonchev–Trinajstić information content (AvgIpc) is 2.52. The Kier molecular flexibility index (Phi) is 6.56. The Morgan fingerprint density at radius 1 is 1.09 bits per heavy atom. The van der Waals surface area contributed by atoms with E-state index in [0.29, 0.717) is 18.8 Å². The van der Waals surface area contributed by atoms with Gasteiger partial charge in [-0.15, -0.1) is 0 Å². The molecular weight excluding hydrogens is 284 g/mol. The SMILES string of the molecule is CCN(CC)C(=O)CN(C(C)=O)c1ccccc1C(=O)OC. The summed E-state index contributed by atoms with van der Waals surface area (Å²) in [6, 6.07) is 6.59. The summed E-state index contributed by atoms with van der Waals surface area (Å²) in [6.45, 7) is 6.15. The molecule has 0 N–H and O–H groups in total. The van der Waals surface area contributed by atoms with Gasteiger partial charge in [0, 0.05) is 20.0 Å². The van der Waals surface area contributed by atoms with E-state index in [1.807, 2.05) is 13.8 Å². The molecule has 22 heavy (non-hydrogen) atoms. The maximum atomic E-state index is 12.3. The highest BCUT2D eigenvalue weighted by Crippen LogP contribution is 2.21. The second-order valence-electron chi connectivity index (χ2n) is 4.68. The molecule has 0 saturated carbocycles. The van der Waals surface area contributed by atoms with Crippen molar-refractivity contribution in [2.24, 2.45) is 0 Å². The lowest BCUT2D eigenvalue weighted by molar-refractivity contribution is -0.130. The summed E-state index contributed by atoms with van der Waals surface area (Å²) in [5, 5.41) is 0. The van der Waals surface area contributed by atoms with Gasteiger partial charge in [-0.3, -0.25) is 9.59 Å². The van der Waals surface area contributed by atoms with Crippen LogP contribution in [0.4, 0.5) is 5.69 Å². The summed E-state index contributed by atoms with van der Waals surface area (Å²) in [4.78, 5) is 39.0. The van der Waals surface area contributed by atoms with Crippen molar-refractivity contribution in [1.82, 2.24) is 4.90 Å². The molecule has 0 aliphatic rings. The second-order valence-corrected chi connectivity index (χ2v) is 4.68. The van der Waals surface area contributed by atoms with E-state index in [1.165, 1.54) is 18.9 Å². The Morgan fingerprint density at radius 3 is 2.18 bits per heavy atom. The molecular formula is C16H22N2O4. The third-order valence-electron chi connectivity index (χ3n) is 3.39. The van der Waals surface area contributed by atoms with Crippen LogP contribution < -0.4 is 4.90 Å². The predicted molar refractivity (Wildman–Crippen MR) is 83.7 cm³/mol. The van der Waals surface area contributed by atoms with Crippen LogP contribution >= 0.6 is 0 Å². The Labute approximate surface area is 130 Å². The number of rotatable bonds is 6. The number of hydrogen-bond acceptors (Lipinski definition) is 4. The molecule has 0 atom stereocenters. The van der Waals surface area contributed by atoms with E-state index >= 15 is 0 Å². The van der Waals surface area contributed by atoms with Crippen molar-refractivity contribution in [2.45, 2.75) is 20.8 Å². The number of para-hydroxylation sites is 1. The van der Waals surface area contributed by atoms with E-state index in [-0.39, 0.29) is 23.9 Å². The number of carbonyl (C=O) groups is 3. The number of methoxy groups -OCH3 is 1. The van der Waals surface area contributed by atoms with E-state index in [4.69, 9.17) is 4.74 Å². The number of amides is 2. The first kappa shape index (κ1) is 17.7. The van der Waals surface area contributed by atoms with Crippen LogP contribution in [-0.4, -0.2) is 49.4 Å². The molecule has 0 unspecified atom stereocenters. The highest BCUT2D eigenvalue weighted by molar-refractivity contribution is 6.04. The smallest absolute Gasteiger partial charge is 0.339 e. The topological polar surface area (TPSA) is 66.9 Å². The number of anilines is 1. The van der Waals surface area contributed by atoms with Gasteiger partial charge in [-0.25, -0.2) is 4.79 Å². The molecule has 0 radical (unpaired) electrons. The number of nitrogens with zero attached hydrogens (tertiary/aromatic N) is 2. The summed E-state index contributed by atoms with van der Waals surface area (Å²) < 4.78 is 4.73. The van der Waals surface area contributed by atoms with Crippen LogP contribution in [0.3, 0.4) is 0 Å². The van der Waals surface area contributed by atoms with Gasteiger partial charge in [0.1, 0.15) is 6.54 Å². The van der Waals surface area contributed by atoms with E-state index in [1.54, 1.807) is 29.2 Å². The van der Waals surface area contributed by atoms with Gasteiger partial charge in [0.2, 0.25) is 11.8 Å². The average molecular weight is 306 g/mol. The van der Waals surface area contributed by atoms with E-state index in [9.17, 15) is 14.4 Å². The highest BCUT2D eigenvalue weighted by Gasteiger charge is 2.23. The number of likely N-dealkylation sites (N-methyl/N-ethyl adjacent to an activating group) is 1. The maximum Gasteiger partial charge on any atom is 0.339 e. The minimum atomic E-state index is -0.544. The summed E-state index contributed by atoms with van der Waals surface area (Å²) in [5.41, 5.74) is 0.634. The molecule has 6 nitrogen and oxygen atoms in total. The molecule has 0 aromatic heterocycles. The summed E-state index contributed by atoms with van der Waals surface area (Å²) in [6.07, 6.45) is 0. The van der Waals surface area contributed by atoms with E-state index in [2.05, 4.69) is 0 Å². The minimum Gasteiger partial charge on any atom is -0.465 e. The van der Waals surface area contributed by atoms with Gasteiger partial charge in [-0.1, -0.05) is 12.1 Å². The van der Waals surface area contributed by atoms with Gasteiger partial charge in [0.15, 0.2) is 0 Å². The second kappa shape index (κ2) is 8.17. The standard InChI is InChI=1S/C16H22N2O4/c1-5-17(6-2)15(20)11-18(12(3)19)14-10-8-7-9-13(14)16(21)22-4/h7-10H,5-6,11H2,1-4H3. The zero-order valence-electron chi connectivity index (χ0n) is 13.5. The van der Waals surface area contributed by atoms with Crippen LogP contribution in [0.1, 0.15) is 31.1 Å². The molecule has 0 aliphatic heterocycles. The Hall–Kier alpha value is -2.37. The zero-order valence-corrected chi connectivity index (χ0v) is 13.5. The molecule has 1 aromatic carbocycles. The van der Waals surface area contributed by atoms with Crippen LogP contribution in [-0.2, 0) is 14.3 Å². The van der Waals surface area contributed by atoms with Crippen molar-refractivity contribution in [2.75, 3.05) is 31.6 Å². The lowest BCUT2D eigenvalue weighted by Gasteiger charge is -2.26. The molecule has 0 bridgehead atoms. The van der Waals surface area contributed by atoms with Gasteiger partial charge in [-0.2, -0.15) is 0 Å². The molecule has 1 rings (SSSR count). The first-order valence-corrected chi connectivity index (χ1v) is 7.19. The normalized spacial score (nSPS) is 10.0. The zero-order chi connectivity index (χ0) is 16.7. The number of hydrogen-bond donors (Lipinski definition) is 0. The van der Waals surface area contributed by atoms with Crippen LogP contribution in [0, 0.1) is 0 Å². The summed E-state index contributed by atoms with van der Waals surface area (Å²) >= 11 is 0. The molecule has 0 fully saturated rings. The number of ether oxygens (including phenoxy) is 1. The van der Waals surface area contributed by atoms with Crippen molar-refractivity contribution < 1.29 is 19.1 Å². The van der Waals surface area contributed by atoms with Crippen LogP contribution in [0.5, 0.6) is 0 Å². The molecule has 0 saturated heterocycles. The third-order valence-corrected chi connectivity index (χ3v) is 3.39. The molecule has 0 heterocycles. The van der Waals surface area contributed by atoms with Gasteiger partial charge in [0.05, 0.1) is 18.4 Å². The van der Waals surface area contributed by atoms with Crippen molar-refractivity contribution in [3.8, 4) is 0 Å². The van der Waals surface area contributed by atoms with Crippen LogP contribution in [0.15, 0.2) is 24.3 Å². The van der Waals surface area contributed by atoms with Gasteiger partial charge < -0.3 is 14.5 Å². The van der Waals surface area contributed by atoms with Crippen LogP contribution in [0.2, 0.25) is 0 Å². The summed E-state index contributed by atoms with van der Waals surface area (Å²) in [7, 11) is 1.28. The lowest BCUT2D eigenvalue weighted by Crippen LogP contribution is -2.42. The molecule has 0 spiro atoms. The first-order valence-electron chi connectivity index (χ1n) is 7.19. The number of esters is 1. The molecule has 120 valence electrons. The molecule has 1 aromatic rings. The lowest BCUT2D eigenvalue weighted by atomic mass is 10.1. The highest BCUT2D eigenvalue weighted by atomic mass is 16.5. The largest absolute Gasteiger partial charge is 0.465 e. The van der Waals surface area contributed by atoms with Crippen molar-refractivity contribution >= 4 is 23.5 Å². The maximum absolute atomic E-state index is 12.3. The van der Waals surface area contributed by atoms with E-state index in [0.717, 1.165) is 0 Å². The van der Waals surface area contributed by atoms with Gasteiger partial charge >= 0.3 is 5.97 Å². The predicted octanol–water partition coefficient (Wildman–Crippen LogP) is 1.69. The van der Waals surface area contributed by atoms with E-state index < -0.39 is 5.97 Å². The molecule has 6 heteroatoms. The fraction of sp³-hybridized carbons (Fsp3) is 0.438. The third kappa shape index (κ3) is 4.07. The first-order chi connectivity index (χ1) is 10.5. The van der Waals surface area contributed by atoms with Crippen molar-refractivity contribution in [3.05, 3.63) is 29.8 Å². The fourth-order valence-corrected chi connectivity index (χ4v) is 2.17. The fourth-order valence-electron chi connectivity index (χ4n) is 2.17. The van der Waals surface area contributed by atoms with Gasteiger partial charge in [-0.05, 0) is 26.0 Å². The summed E-state index contributed by atoms with van der Waals surface area (Å²) in [5.74, 6) is -1.02. The number of benzene rings is 1. The Morgan fingerprint density at radius 2 is 1.68 bits per heavy atom.